The molecule has 4 nitrogen and oxygen atoms in total. The number of rotatable bonds is 7. The van der Waals surface area contributed by atoms with E-state index in [1.165, 1.54) is 11.3 Å². The summed E-state index contributed by atoms with van der Waals surface area (Å²) < 4.78 is 0. The number of thiazole rings is 1. The highest BCUT2D eigenvalue weighted by Crippen LogP contribution is 2.36. The number of carbonyl (C=O) groups is 1. The molecule has 0 fully saturated rings. The number of nitrogens with zero attached hydrogens (tertiary/aromatic N) is 3. The van der Waals surface area contributed by atoms with E-state index in [0.717, 1.165) is 30.9 Å². The van der Waals surface area contributed by atoms with Crippen molar-refractivity contribution in [2.75, 3.05) is 33.2 Å². The first-order chi connectivity index (χ1) is 11.9. The Kier molecular flexibility index (Phi) is 7.25. The van der Waals surface area contributed by atoms with Crippen LogP contribution in [0.4, 0.5) is 0 Å². The van der Waals surface area contributed by atoms with Crippen LogP contribution < -0.4 is 0 Å². The smallest absolute Gasteiger partial charge is 0.265 e. The highest BCUT2D eigenvalue weighted by atomic mass is 35.5. The number of carbonyl (C=O) groups excluding carboxylic acids is 1. The van der Waals surface area contributed by atoms with E-state index in [0.29, 0.717) is 26.5 Å². The molecule has 2 rings (SSSR count). The van der Waals surface area contributed by atoms with Gasteiger partial charge in [-0.3, -0.25) is 4.79 Å². The van der Waals surface area contributed by atoms with E-state index in [2.05, 4.69) is 23.7 Å². The second kappa shape index (κ2) is 8.99. The molecular weight excluding hydrogens is 377 g/mol. The molecule has 1 heterocycles. The van der Waals surface area contributed by atoms with Crippen LogP contribution in [0.2, 0.25) is 10.0 Å². The molecule has 0 aliphatic carbocycles. The van der Waals surface area contributed by atoms with Gasteiger partial charge < -0.3 is 9.80 Å². The van der Waals surface area contributed by atoms with Gasteiger partial charge >= 0.3 is 0 Å². The first-order valence-electron chi connectivity index (χ1n) is 8.28. The molecule has 0 radical (unpaired) electrons. The molecule has 0 spiro atoms. The number of likely N-dealkylation sites (N-methyl/N-ethyl adjacent to an activating group) is 2. The highest BCUT2D eigenvalue weighted by Gasteiger charge is 2.21. The SMILES string of the molecule is CCN(CC)CCN(C)C(=O)c1sc(-c2cccc(Cl)c2Cl)nc1C. The van der Waals surface area contributed by atoms with Crippen LogP contribution in [0.5, 0.6) is 0 Å². The minimum Gasteiger partial charge on any atom is -0.340 e. The third-order valence-electron chi connectivity index (χ3n) is 4.17. The second-order valence-electron chi connectivity index (χ2n) is 5.79. The molecule has 2 aromatic rings. The lowest BCUT2D eigenvalue weighted by Gasteiger charge is -2.22. The lowest BCUT2D eigenvalue weighted by Crippen LogP contribution is -2.36. The Bertz CT molecular complexity index is 744. The fraction of sp³-hybridized carbons (Fsp3) is 0.444. The van der Waals surface area contributed by atoms with Gasteiger partial charge in [0.15, 0.2) is 0 Å². The van der Waals surface area contributed by atoms with Gasteiger partial charge in [-0.05, 0) is 26.1 Å². The zero-order valence-corrected chi connectivity index (χ0v) is 17.3. The van der Waals surface area contributed by atoms with Crippen LogP contribution in [0, 0.1) is 6.92 Å². The Balaban J connectivity index is 2.19. The number of halogens is 2. The number of aryl methyl sites for hydroxylation is 1. The molecule has 1 amide bonds. The fourth-order valence-electron chi connectivity index (χ4n) is 2.49. The van der Waals surface area contributed by atoms with Crippen molar-refractivity contribution in [3.8, 4) is 10.6 Å². The predicted octanol–water partition coefficient (Wildman–Crippen LogP) is 4.84. The number of aromatic nitrogens is 1. The summed E-state index contributed by atoms with van der Waals surface area (Å²) in [6.45, 7) is 9.61. The van der Waals surface area contributed by atoms with Gasteiger partial charge in [0.2, 0.25) is 0 Å². The molecule has 0 bridgehead atoms. The number of benzene rings is 1. The average molecular weight is 400 g/mol. The molecule has 0 aliphatic heterocycles. The summed E-state index contributed by atoms with van der Waals surface area (Å²) in [7, 11) is 1.83. The Morgan fingerprint density at radius 2 is 1.88 bits per heavy atom. The first-order valence-corrected chi connectivity index (χ1v) is 9.85. The van der Waals surface area contributed by atoms with E-state index in [4.69, 9.17) is 23.2 Å². The van der Waals surface area contributed by atoms with Crippen molar-refractivity contribution < 1.29 is 4.79 Å². The molecule has 0 saturated carbocycles. The largest absolute Gasteiger partial charge is 0.340 e. The van der Waals surface area contributed by atoms with Crippen LogP contribution in [0.25, 0.3) is 10.6 Å². The highest BCUT2D eigenvalue weighted by molar-refractivity contribution is 7.17. The third kappa shape index (κ3) is 4.73. The molecule has 1 aromatic heterocycles. The lowest BCUT2D eigenvalue weighted by molar-refractivity contribution is 0.0783. The van der Waals surface area contributed by atoms with Crippen LogP contribution in [0.3, 0.4) is 0 Å². The molecule has 0 saturated heterocycles. The van der Waals surface area contributed by atoms with Gasteiger partial charge in [0.05, 0.1) is 15.7 Å². The lowest BCUT2D eigenvalue weighted by atomic mass is 10.2. The molecule has 25 heavy (non-hydrogen) atoms. The van der Waals surface area contributed by atoms with Crippen molar-refractivity contribution in [3.05, 3.63) is 38.8 Å². The first kappa shape index (κ1) is 20.2. The maximum Gasteiger partial charge on any atom is 0.265 e. The second-order valence-corrected chi connectivity index (χ2v) is 7.57. The van der Waals surface area contributed by atoms with Gasteiger partial charge in [-0.25, -0.2) is 4.98 Å². The van der Waals surface area contributed by atoms with Gasteiger partial charge in [0, 0.05) is 25.7 Å². The van der Waals surface area contributed by atoms with Crippen LogP contribution in [-0.2, 0) is 0 Å². The van der Waals surface area contributed by atoms with Gasteiger partial charge in [-0.1, -0.05) is 49.2 Å². The van der Waals surface area contributed by atoms with Crippen molar-refractivity contribution in [1.29, 1.82) is 0 Å². The average Bonchev–Trinajstić information content (AvgIpc) is 2.98. The Labute approximate surface area is 163 Å². The quantitative estimate of drug-likeness (QED) is 0.667. The van der Waals surface area contributed by atoms with Gasteiger partial charge in [0.1, 0.15) is 9.88 Å². The van der Waals surface area contributed by atoms with Crippen LogP contribution in [0.1, 0.15) is 29.2 Å². The third-order valence-corrected chi connectivity index (χ3v) is 6.16. The minimum atomic E-state index is -0.00782. The van der Waals surface area contributed by atoms with Gasteiger partial charge in [0.25, 0.3) is 5.91 Å². The molecule has 0 aliphatic rings. The molecule has 0 N–H and O–H groups in total. The van der Waals surface area contributed by atoms with E-state index < -0.39 is 0 Å². The van der Waals surface area contributed by atoms with Crippen molar-refractivity contribution in [3.63, 3.8) is 0 Å². The zero-order chi connectivity index (χ0) is 18.6. The van der Waals surface area contributed by atoms with Crippen molar-refractivity contribution in [2.45, 2.75) is 20.8 Å². The molecule has 0 atom stereocenters. The van der Waals surface area contributed by atoms with E-state index in [1.807, 2.05) is 26.1 Å². The maximum absolute atomic E-state index is 12.8. The monoisotopic (exact) mass is 399 g/mol. The van der Waals surface area contributed by atoms with E-state index in [1.54, 1.807) is 11.0 Å². The standard InChI is InChI=1S/C18H23Cl2N3OS/c1-5-23(6-2)11-10-22(4)18(24)16-12(3)21-17(25-16)13-8-7-9-14(19)15(13)20/h7-9H,5-6,10-11H2,1-4H3. The summed E-state index contributed by atoms with van der Waals surface area (Å²) >= 11 is 13.7. The molecular formula is C18H23Cl2N3OS. The maximum atomic E-state index is 12.8. The number of hydrogen-bond acceptors (Lipinski definition) is 4. The summed E-state index contributed by atoms with van der Waals surface area (Å²) in [6, 6.07) is 5.43. The Hall–Kier alpha value is -1.14. The van der Waals surface area contributed by atoms with Gasteiger partial charge in [-0.2, -0.15) is 0 Å². The van der Waals surface area contributed by atoms with E-state index >= 15 is 0 Å². The van der Waals surface area contributed by atoms with Crippen molar-refractivity contribution >= 4 is 40.4 Å². The summed E-state index contributed by atoms with van der Waals surface area (Å²) in [5, 5.41) is 1.66. The predicted molar refractivity (Wildman–Crippen MR) is 107 cm³/mol. The van der Waals surface area contributed by atoms with Crippen LogP contribution in [-0.4, -0.2) is 53.9 Å². The summed E-state index contributed by atoms with van der Waals surface area (Å²) in [5.41, 5.74) is 1.47. The fourth-order valence-corrected chi connectivity index (χ4v) is 4.02. The van der Waals surface area contributed by atoms with Crippen LogP contribution in [0.15, 0.2) is 18.2 Å². The summed E-state index contributed by atoms with van der Waals surface area (Å²) in [5.74, 6) is -0.00782. The number of hydrogen-bond donors (Lipinski definition) is 0. The summed E-state index contributed by atoms with van der Waals surface area (Å²) in [6.07, 6.45) is 0. The van der Waals surface area contributed by atoms with Crippen molar-refractivity contribution in [1.82, 2.24) is 14.8 Å². The Morgan fingerprint density at radius 1 is 1.20 bits per heavy atom. The van der Waals surface area contributed by atoms with Crippen molar-refractivity contribution in [2.24, 2.45) is 0 Å². The molecule has 1 aromatic carbocycles. The number of amides is 1. The van der Waals surface area contributed by atoms with Crippen LogP contribution >= 0.6 is 34.5 Å². The van der Waals surface area contributed by atoms with Gasteiger partial charge in [-0.15, -0.1) is 11.3 Å². The summed E-state index contributed by atoms with van der Waals surface area (Å²) in [4.78, 5) is 22.0. The van der Waals surface area contributed by atoms with E-state index in [9.17, 15) is 4.79 Å². The molecule has 136 valence electrons. The normalized spacial score (nSPS) is 11.2. The Morgan fingerprint density at radius 3 is 2.52 bits per heavy atom. The zero-order valence-electron chi connectivity index (χ0n) is 15.0. The van der Waals surface area contributed by atoms with E-state index in [-0.39, 0.29) is 5.91 Å². The topological polar surface area (TPSA) is 36.4 Å². The minimum absolute atomic E-state index is 0.00782. The molecule has 7 heteroatoms. The molecule has 0 unspecified atom stereocenters.